The van der Waals surface area contributed by atoms with Gasteiger partial charge in [-0.05, 0) is 45.4 Å². The topological polar surface area (TPSA) is 119 Å². The van der Waals surface area contributed by atoms with Crippen LogP contribution in [0.2, 0.25) is 0 Å². The predicted molar refractivity (Wildman–Crippen MR) is 116 cm³/mol. The molecule has 0 atom stereocenters. The van der Waals surface area contributed by atoms with E-state index in [9.17, 15) is 19.8 Å². The van der Waals surface area contributed by atoms with Gasteiger partial charge in [-0.25, -0.2) is 4.79 Å². The molecule has 5 N–H and O–H groups in total. The van der Waals surface area contributed by atoms with E-state index < -0.39 is 22.8 Å². The fourth-order valence-electron chi connectivity index (χ4n) is 3.94. The summed E-state index contributed by atoms with van der Waals surface area (Å²) in [5.41, 5.74) is 3.19. The number of hydrogen-bond acceptors (Lipinski definition) is 5. The van der Waals surface area contributed by atoms with Gasteiger partial charge in [-0.1, -0.05) is 0 Å². The minimum absolute atomic E-state index is 0.00698. The number of aromatic nitrogens is 2. The van der Waals surface area contributed by atoms with Gasteiger partial charge in [0, 0.05) is 53.6 Å². The number of aromatic amines is 1. The van der Waals surface area contributed by atoms with Crippen molar-refractivity contribution in [3.63, 3.8) is 0 Å². The van der Waals surface area contributed by atoms with Crippen molar-refractivity contribution in [2.45, 2.75) is 39.3 Å². The maximum Gasteiger partial charge on any atom is 0.345 e. The minimum Gasteiger partial charge on any atom is -0.506 e. The van der Waals surface area contributed by atoms with E-state index >= 15 is 0 Å². The van der Waals surface area contributed by atoms with Crippen molar-refractivity contribution >= 4 is 22.6 Å². The first-order chi connectivity index (χ1) is 14.1. The average Bonchev–Trinajstić information content (AvgIpc) is 2.83. The molecule has 3 aromatic rings. The molecule has 0 spiro atoms. The molecule has 0 saturated heterocycles. The Morgan fingerprint density at radius 1 is 1.27 bits per heavy atom. The van der Waals surface area contributed by atoms with E-state index in [0.29, 0.717) is 30.8 Å². The zero-order valence-corrected chi connectivity index (χ0v) is 17.5. The van der Waals surface area contributed by atoms with Gasteiger partial charge in [-0.15, -0.1) is 0 Å². The summed E-state index contributed by atoms with van der Waals surface area (Å²) >= 11 is 0. The molecule has 1 aliphatic heterocycles. The first kappa shape index (κ1) is 20.0. The summed E-state index contributed by atoms with van der Waals surface area (Å²) in [5.74, 6) is -1.90. The Morgan fingerprint density at radius 3 is 2.67 bits per heavy atom. The van der Waals surface area contributed by atoms with Crippen molar-refractivity contribution in [2.75, 3.05) is 11.9 Å². The lowest BCUT2D eigenvalue weighted by Crippen LogP contribution is -2.35. The highest BCUT2D eigenvalue weighted by Crippen LogP contribution is 2.39. The first-order valence-corrected chi connectivity index (χ1v) is 9.90. The number of nitrogens with one attached hydrogen (secondary N) is 3. The molecule has 30 heavy (non-hydrogen) atoms. The van der Waals surface area contributed by atoms with Crippen molar-refractivity contribution in [2.24, 2.45) is 7.05 Å². The van der Waals surface area contributed by atoms with E-state index in [1.807, 2.05) is 19.2 Å². The van der Waals surface area contributed by atoms with Gasteiger partial charge in [0.05, 0.1) is 11.2 Å². The Kier molecular flexibility index (Phi) is 4.62. The number of H-pyrrole nitrogens is 1. The zero-order chi connectivity index (χ0) is 21.8. The van der Waals surface area contributed by atoms with Crippen molar-refractivity contribution in [3.05, 3.63) is 45.4 Å². The lowest BCUT2D eigenvalue weighted by atomic mass is 9.99. The van der Waals surface area contributed by atoms with E-state index in [-0.39, 0.29) is 5.54 Å². The molecule has 158 valence electrons. The van der Waals surface area contributed by atoms with Crippen LogP contribution >= 0.6 is 0 Å². The van der Waals surface area contributed by atoms with Gasteiger partial charge < -0.3 is 30.4 Å². The summed E-state index contributed by atoms with van der Waals surface area (Å²) in [4.78, 5) is 26.4. The summed E-state index contributed by atoms with van der Waals surface area (Å²) in [6.07, 6.45) is 0.393. The van der Waals surface area contributed by atoms with Crippen LogP contribution in [0.4, 0.5) is 5.69 Å². The van der Waals surface area contributed by atoms with Crippen LogP contribution in [0, 0.1) is 0 Å². The molecule has 0 bridgehead atoms. The number of pyridine rings is 1. The van der Waals surface area contributed by atoms with E-state index in [2.05, 4.69) is 47.0 Å². The van der Waals surface area contributed by atoms with Crippen LogP contribution < -0.4 is 16.2 Å². The normalized spacial score (nSPS) is 13.5. The molecule has 8 heteroatoms. The average molecular weight is 410 g/mol. The van der Waals surface area contributed by atoms with Gasteiger partial charge in [-0.2, -0.15) is 0 Å². The molecule has 0 amide bonds. The number of nitrogens with zero attached hydrogens (tertiary/aromatic N) is 1. The predicted octanol–water partition coefficient (Wildman–Crippen LogP) is 2.79. The van der Waals surface area contributed by atoms with E-state index in [0.717, 1.165) is 27.8 Å². The van der Waals surface area contributed by atoms with Crippen LogP contribution in [0.5, 0.6) is 5.75 Å². The second kappa shape index (κ2) is 6.91. The van der Waals surface area contributed by atoms with Gasteiger partial charge in [0.1, 0.15) is 5.75 Å². The van der Waals surface area contributed by atoms with Gasteiger partial charge >= 0.3 is 5.97 Å². The molecule has 1 aliphatic rings. The smallest absolute Gasteiger partial charge is 0.345 e. The molecule has 2 aromatic heterocycles. The summed E-state index contributed by atoms with van der Waals surface area (Å²) in [5, 5.41) is 27.6. The lowest BCUT2D eigenvalue weighted by Gasteiger charge is -2.20. The van der Waals surface area contributed by atoms with Crippen molar-refractivity contribution in [1.82, 2.24) is 14.9 Å². The lowest BCUT2D eigenvalue weighted by molar-refractivity contribution is 0.0691. The van der Waals surface area contributed by atoms with Crippen molar-refractivity contribution in [3.8, 4) is 17.0 Å². The number of fused-ring (bicyclic) bond motifs is 4. The Balaban J connectivity index is 1.89. The number of anilines is 1. The second-order valence-corrected chi connectivity index (χ2v) is 8.77. The number of carboxylic acid groups (broad SMARTS) is 1. The van der Waals surface area contributed by atoms with Crippen molar-refractivity contribution in [1.29, 1.82) is 0 Å². The number of aromatic hydroxyl groups is 1. The summed E-state index contributed by atoms with van der Waals surface area (Å²) in [7, 11) is 2.02. The maximum absolute atomic E-state index is 12.3. The molecule has 0 saturated carbocycles. The Hall–Kier alpha value is -3.26. The maximum atomic E-state index is 12.3. The molecule has 0 fully saturated rings. The van der Waals surface area contributed by atoms with Gasteiger partial charge in [0.2, 0.25) is 0 Å². The molecule has 0 radical (unpaired) electrons. The minimum atomic E-state index is -1.44. The number of carboxylic acids is 1. The monoisotopic (exact) mass is 410 g/mol. The van der Waals surface area contributed by atoms with Crippen LogP contribution in [0.3, 0.4) is 0 Å². The molecule has 8 nitrogen and oxygen atoms in total. The summed E-state index contributed by atoms with van der Waals surface area (Å²) in [6, 6.07) is 6.10. The van der Waals surface area contributed by atoms with Crippen LogP contribution in [0.1, 0.15) is 42.4 Å². The zero-order valence-electron chi connectivity index (χ0n) is 17.5. The van der Waals surface area contributed by atoms with Crippen LogP contribution in [-0.4, -0.2) is 37.8 Å². The molecular weight excluding hydrogens is 384 g/mol. The van der Waals surface area contributed by atoms with Gasteiger partial charge in [0.25, 0.3) is 5.56 Å². The largest absolute Gasteiger partial charge is 0.506 e. The highest BCUT2D eigenvalue weighted by Gasteiger charge is 2.26. The number of aromatic carboxylic acids is 1. The van der Waals surface area contributed by atoms with E-state index in [1.165, 1.54) is 0 Å². The SMILES string of the molecule is Cn1c(CNC(C)(C)C)cc2cc3c(cc21)NCCc1c-3[nH]c(=O)c(C(=O)O)c1O. The van der Waals surface area contributed by atoms with E-state index in [1.54, 1.807) is 0 Å². The Labute approximate surface area is 173 Å². The molecule has 0 aliphatic carbocycles. The fourth-order valence-corrected chi connectivity index (χ4v) is 3.94. The Bertz CT molecular complexity index is 1230. The summed E-state index contributed by atoms with van der Waals surface area (Å²) < 4.78 is 2.13. The number of aryl methyl sites for hydroxylation is 1. The number of hydrogen-bond donors (Lipinski definition) is 5. The molecule has 1 aromatic carbocycles. The third kappa shape index (κ3) is 3.33. The molecule has 0 unspecified atom stereocenters. The molecule has 4 rings (SSSR count). The third-order valence-corrected chi connectivity index (χ3v) is 5.54. The number of rotatable bonds is 3. The number of carbonyl (C=O) groups is 1. The van der Waals surface area contributed by atoms with Crippen LogP contribution in [0.25, 0.3) is 22.2 Å². The summed E-state index contributed by atoms with van der Waals surface area (Å²) in [6.45, 7) is 7.57. The quantitative estimate of drug-likeness (QED) is 0.453. The van der Waals surface area contributed by atoms with Gasteiger partial charge in [0.15, 0.2) is 5.56 Å². The van der Waals surface area contributed by atoms with Gasteiger partial charge in [-0.3, -0.25) is 4.79 Å². The second-order valence-electron chi connectivity index (χ2n) is 8.77. The van der Waals surface area contributed by atoms with E-state index in [4.69, 9.17) is 0 Å². The number of benzene rings is 1. The standard InChI is InChI=1S/C22H26N4O4/c1-22(2,3)24-10-12-7-11-8-14-15(9-16(11)26(12)4)23-6-5-13-18(14)25-20(28)17(19(13)27)21(29)30/h7-9,23-24H,5-6,10H2,1-4H3,(H,29,30)(H2,25,27,28). The van der Waals surface area contributed by atoms with Crippen molar-refractivity contribution < 1.29 is 15.0 Å². The highest BCUT2D eigenvalue weighted by molar-refractivity contribution is 5.96. The first-order valence-electron chi connectivity index (χ1n) is 9.90. The Morgan fingerprint density at radius 2 is 2.00 bits per heavy atom. The van der Waals surface area contributed by atoms with Crippen LogP contribution in [-0.2, 0) is 20.0 Å². The van der Waals surface area contributed by atoms with Crippen LogP contribution in [0.15, 0.2) is 23.0 Å². The molecule has 3 heterocycles. The molecular formula is C22H26N4O4. The fraction of sp³-hybridized carbons (Fsp3) is 0.364. The highest BCUT2D eigenvalue weighted by atomic mass is 16.4. The third-order valence-electron chi connectivity index (χ3n) is 5.54.